The van der Waals surface area contributed by atoms with Gasteiger partial charge >= 0.3 is 0 Å². The van der Waals surface area contributed by atoms with Crippen molar-refractivity contribution in [2.24, 2.45) is 0 Å². The Labute approximate surface area is 157 Å². The van der Waals surface area contributed by atoms with Crippen molar-refractivity contribution in [3.8, 4) is 29.7 Å². The van der Waals surface area contributed by atoms with Crippen molar-refractivity contribution in [3.63, 3.8) is 0 Å². The van der Waals surface area contributed by atoms with Crippen molar-refractivity contribution >= 4 is 29.1 Å². The van der Waals surface area contributed by atoms with Crippen molar-refractivity contribution in [1.29, 1.82) is 15.8 Å². The first kappa shape index (κ1) is 17.6. The fraction of sp³-hybridized carbons (Fsp3) is 0.118. The number of nitrogens with zero attached hydrogens (tertiary/aromatic N) is 5. The standard InChI is InChI=1S/C17H9N5O2S2/c1-23-13-4-3-9(5-14(13)24-2)10(6-18)17-25-15-16(26-17)22-12(8-20)11(7-19)21-15/h3-5H,1-2H3. The summed E-state index contributed by atoms with van der Waals surface area (Å²) in [5.74, 6) is 1.08. The summed E-state index contributed by atoms with van der Waals surface area (Å²) in [7, 11) is 3.06. The number of rotatable bonds is 3. The highest BCUT2D eigenvalue weighted by atomic mass is 32.2. The summed E-state index contributed by atoms with van der Waals surface area (Å²) in [4.78, 5) is 8.34. The molecule has 9 heteroatoms. The minimum Gasteiger partial charge on any atom is -0.493 e. The summed E-state index contributed by atoms with van der Waals surface area (Å²) >= 11 is 2.50. The number of thioether (sulfide) groups is 2. The van der Waals surface area contributed by atoms with Gasteiger partial charge in [0.15, 0.2) is 22.9 Å². The number of allylic oxidation sites excluding steroid dienone is 1. The molecule has 0 aliphatic carbocycles. The molecule has 0 atom stereocenters. The molecule has 0 saturated carbocycles. The molecule has 1 aliphatic rings. The second-order valence-electron chi connectivity index (χ2n) is 4.80. The monoisotopic (exact) mass is 379 g/mol. The first-order valence-electron chi connectivity index (χ1n) is 7.09. The zero-order valence-electron chi connectivity index (χ0n) is 13.6. The van der Waals surface area contributed by atoms with Gasteiger partial charge in [-0.25, -0.2) is 9.97 Å². The van der Waals surface area contributed by atoms with Gasteiger partial charge in [0, 0.05) is 0 Å². The lowest BCUT2D eigenvalue weighted by Crippen LogP contribution is -1.96. The van der Waals surface area contributed by atoms with Gasteiger partial charge in [0.2, 0.25) is 0 Å². The van der Waals surface area contributed by atoms with E-state index in [4.69, 9.17) is 20.0 Å². The Balaban J connectivity index is 2.06. The topological polar surface area (TPSA) is 116 Å². The van der Waals surface area contributed by atoms with Crippen LogP contribution in [0, 0.1) is 34.0 Å². The van der Waals surface area contributed by atoms with E-state index >= 15 is 0 Å². The Morgan fingerprint density at radius 3 is 1.96 bits per heavy atom. The van der Waals surface area contributed by atoms with Crippen LogP contribution in [0.3, 0.4) is 0 Å². The van der Waals surface area contributed by atoms with Crippen LogP contribution in [0.5, 0.6) is 11.5 Å². The lowest BCUT2D eigenvalue weighted by molar-refractivity contribution is 0.355. The molecule has 2 heterocycles. The van der Waals surface area contributed by atoms with Crippen LogP contribution in [0.2, 0.25) is 0 Å². The summed E-state index contributed by atoms with van der Waals surface area (Å²) in [6.07, 6.45) is 0. The molecule has 2 aromatic rings. The Kier molecular flexibility index (Phi) is 4.99. The molecule has 0 saturated heterocycles. The highest BCUT2D eigenvalue weighted by molar-refractivity contribution is 8.24. The van der Waals surface area contributed by atoms with Crippen LogP contribution in [0.4, 0.5) is 0 Å². The highest BCUT2D eigenvalue weighted by Crippen LogP contribution is 2.52. The molecule has 0 bridgehead atoms. The zero-order valence-corrected chi connectivity index (χ0v) is 15.2. The molecular formula is C17H9N5O2S2. The molecule has 0 N–H and O–H groups in total. The van der Waals surface area contributed by atoms with E-state index in [1.54, 1.807) is 18.2 Å². The summed E-state index contributed by atoms with van der Waals surface area (Å²) in [6, 6.07) is 11.1. The van der Waals surface area contributed by atoms with Gasteiger partial charge in [0.1, 0.15) is 28.3 Å². The maximum atomic E-state index is 9.66. The molecule has 3 rings (SSSR count). The molecule has 126 valence electrons. The van der Waals surface area contributed by atoms with E-state index < -0.39 is 0 Å². The third kappa shape index (κ3) is 3.04. The largest absolute Gasteiger partial charge is 0.493 e. The first-order valence-corrected chi connectivity index (χ1v) is 8.73. The number of hydrogen-bond acceptors (Lipinski definition) is 9. The number of fused-ring (bicyclic) bond motifs is 1. The van der Waals surface area contributed by atoms with E-state index in [1.165, 1.54) is 37.7 Å². The second-order valence-corrected chi connectivity index (χ2v) is 7.06. The van der Waals surface area contributed by atoms with Crippen LogP contribution >= 0.6 is 23.5 Å². The number of benzene rings is 1. The smallest absolute Gasteiger partial charge is 0.178 e. The maximum Gasteiger partial charge on any atom is 0.178 e. The fourth-order valence-electron chi connectivity index (χ4n) is 2.21. The molecule has 0 amide bonds. The second kappa shape index (κ2) is 7.37. The van der Waals surface area contributed by atoms with E-state index in [0.717, 1.165) is 0 Å². The van der Waals surface area contributed by atoms with E-state index in [2.05, 4.69) is 16.0 Å². The molecule has 0 radical (unpaired) electrons. The third-order valence-corrected chi connectivity index (χ3v) is 5.78. The van der Waals surface area contributed by atoms with Gasteiger partial charge in [-0.3, -0.25) is 0 Å². The van der Waals surface area contributed by atoms with Crippen molar-refractivity contribution in [2.45, 2.75) is 10.1 Å². The van der Waals surface area contributed by atoms with Crippen molar-refractivity contribution in [1.82, 2.24) is 9.97 Å². The van der Waals surface area contributed by atoms with Crippen LogP contribution < -0.4 is 9.47 Å². The van der Waals surface area contributed by atoms with Crippen LogP contribution in [-0.2, 0) is 0 Å². The van der Waals surface area contributed by atoms with Gasteiger partial charge in [-0.15, -0.1) is 0 Å². The van der Waals surface area contributed by atoms with Crippen LogP contribution in [-0.4, -0.2) is 24.2 Å². The number of ether oxygens (including phenoxy) is 2. The van der Waals surface area contributed by atoms with Crippen LogP contribution in [0.1, 0.15) is 17.0 Å². The van der Waals surface area contributed by atoms with Gasteiger partial charge in [-0.2, -0.15) is 15.8 Å². The molecule has 0 unspecified atom stereocenters. The molecular weight excluding hydrogens is 370 g/mol. The SMILES string of the molecule is COc1ccc(C(C#N)=C2Sc3nc(C#N)c(C#N)nc3S2)cc1OC. The molecule has 7 nitrogen and oxygen atoms in total. The molecule has 1 aliphatic heterocycles. The number of aromatic nitrogens is 2. The molecule has 1 aromatic heterocycles. The summed E-state index contributed by atoms with van der Waals surface area (Å²) in [5.41, 5.74) is 1.04. The minimum atomic E-state index is -0.0229. The Morgan fingerprint density at radius 1 is 0.923 bits per heavy atom. The zero-order chi connectivity index (χ0) is 18.7. The third-order valence-electron chi connectivity index (χ3n) is 3.41. The van der Waals surface area contributed by atoms with Crippen LogP contribution in [0.15, 0.2) is 32.5 Å². The van der Waals surface area contributed by atoms with Crippen molar-refractivity contribution in [2.75, 3.05) is 14.2 Å². The fourth-order valence-corrected chi connectivity index (χ4v) is 4.52. The highest BCUT2D eigenvalue weighted by Gasteiger charge is 2.27. The van der Waals surface area contributed by atoms with Gasteiger partial charge in [-0.1, -0.05) is 23.5 Å². The van der Waals surface area contributed by atoms with E-state index in [1.807, 2.05) is 12.1 Å². The van der Waals surface area contributed by atoms with E-state index in [0.29, 0.717) is 36.9 Å². The Hall–Kier alpha value is -3.19. The summed E-state index contributed by atoms with van der Waals surface area (Å²) in [6.45, 7) is 0. The van der Waals surface area contributed by atoms with Gasteiger partial charge in [0.05, 0.1) is 24.0 Å². The van der Waals surface area contributed by atoms with E-state index in [9.17, 15) is 5.26 Å². The first-order chi connectivity index (χ1) is 12.6. The van der Waals surface area contributed by atoms with Crippen molar-refractivity contribution < 1.29 is 9.47 Å². The normalized spacial score (nSPS) is 11.7. The minimum absolute atomic E-state index is 0.0229. The average molecular weight is 379 g/mol. The summed E-state index contributed by atoms with van der Waals surface area (Å²) < 4.78 is 11.2. The predicted molar refractivity (Wildman–Crippen MR) is 95.3 cm³/mol. The van der Waals surface area contributed by atoms with E-state index in [-0.39, 0.29) is 11.4 Å². The quantitative estimate of drug-likeness (QED) is 0.740. The molecule has 0 spiro atoms. The van der Waals surface area contributed by atoms with Gasteiger partial charge in [0.25, 0.3) is 0 Å². The summed E-state index contributed by atoms with van der Waals surface area (Å²) in [5, 5.41) is 28.8. The van der Waals surface area contributed by atoms with Gasteiger partial charge < -0.3 is 9.47 Å². The Morgan fingerprint density at radius 2 is 1.50 bits per heavy atom. The van der Waals surface area contributed by atoms with Crippen molar-refractivity contribution in [3.05, 3.63) is 39.4 Å². The van der Waals surface area contributed by atoms with Gasteiger partial charge in [-0.05, 0) is 23.8 Å². The van der Waals surface area contributed by atoms with Crippen LogP contribution in [0.25, 0.3) is 5.57 Å². The Bertz CT molecular complexity index is 1020. The predicted octanol–water partition coefficient (Wildman–Crippen LogP) is 3.33. The number of methoxy groups -OCH3 is 2. The molecule has 0 fully saturated rings. The number of hydrogen-bond donors (Lipinski definition) is 0. The lowest BCUT2D eigenvalue weighted by atomic mass is 10.1. The molecule has 1 aromatic carbocycles. The lowest BCUT2D eigenvalue weighted by Gasteiger charge is -2.09. The number of nitriles is 3. The average Bonchev–Trinajstić information content (AvgIpc) is 3.09. The maximum absolute atomic E-state index is 9.66. The molecule has 26 heavy (non-hydrogen) atoms.